The molecule has 1 radical (unpaired) electrons. The third-order valence-corrected chi connectivity index (χ3v) is 2.73. The van der Waals surface area contributed by atoms with E-state index in [9.17, 15) is 0 Å². The van der Waals surface area contributed by atoms with E-state index in [-0.39, 0.29) is 0 Å². The fraction of sp³-hybridized carbons (Fsp3) is 0.357. The highest BCUT2D eigenvalue weighted by Crippen LogP contribution is 2.19. The molecule has 0 aliphatic heterocycles. The molecule has 73 valence electrons. The average Bonchev–Trinajstić information content (AvgIpc) is 2.48. The number of benzene rings is 1. The maximum Gasteiger partial charge on any atom is -0.00670 e. The molecule has 1 aromatic rings. The van der Waals surface area contributed by atoms with Crippen molar-refractivity contribution >= 4 is 0 Å². The van der Waals surface area contributed by atoms with Crippen LogP contribution in [0.5, 0.6) is 0 Å². The van der Waals surface area contributed by atoms with E-state index in [2.05, 4.69) is 42.8 Å². The van der Waals surface area contributed by atoms with E-state index in [1.807, 2.05) is 0 Å². The Morgan fingerprint density at radius 3 is 2.71 bits per heavy atom. The summed E-state index contributed by atoms with van der Waals surface area (Å²) in [5.74, 6) is 0. The van der Waals surface area contributed by atoms with Crippen molar-refractivity contribution in [3.63, 3.8) is 0 Å². The third-order valence-electron chi connectivity index (χ3n) is 2.73. The van der Waals surface area contributed by atoms with Crippen molar-refractivity contribution in [3.05, 3.63) is 54.0 Å². The molecule has 0 fully saturated rings. The minimum Gasteiger partial charge on any atom is -0.0850 e. The molecule has 0 nitrogen and oxygen atoms in total. The van der Waals surface area contributed by atoms with Gasteiger partial charge in [0.2, 0.25) is 0 Å². The van der Waals surface area contributed by atoms with Crippen LogP contribution >= 0.6 is 0 Å². The number of allylic oxidation sites excluding steroid dienone is 2. The largest absolute Gasteiger partial charge is 0.0850 e. The Kier molecular flexibility index (Phi) is 3.39. The van der Waals surface area contributed by atoms with E-state index in [1.54, 1.807) is 5.57 Å². The van der Waals surface area contributed by atoms with E-state index >= 15 is 0 Å². The fourth-order valence-corrected chi connectivity index (χ4v) is 1.94. The lowest BCUT2D eigenvalue weighted by atomic mass is 10.0. The van der Waals surface area contributed by atoms with E-state index in [1.165, 1.54) is 31.2 Å². The summed E-state index contributed by atoms with van der Waals surface area (Å²) in [5, 5.41) is 0. The molecule has 1 aliphatic carbocycles. The van der Waals surface area contributed by atoms with Crippen LogP contribution in [0.1, 0.15) is 31.2 Å². The summed E-state index contributed by atoms with van der Waals surface area (Å²) in [7, 11) is 0. The van der Waals surface area contributed by atoms with Gasteiger partial charge in [0.1, 0.15) is 0 Å². The molecule has 14 heavy (non-hydrogen) atoms. The molecule has 1 aliphatic rings. The first-order valence-electron chi connectivity index (χ1n) is 5.48. The van der Waals surface area contributed by atoms with Gasteiger partial charge in [0.05, 0.1) is 0 Å². The Balaban J connectivity index is 1.99. The summed E-state index contributed by atoms with van der Waals surface area (Å²) in [6, 6.07) is 10.8. The van der Waals surface area contributed by atoms with Gasteiger partial charge >= 0.3 is 0 Å². The zero-order valence-corrected chi connectivity index (χ0v) is 8.58. The molecular formula is C14H17. The summed E-state index contributed by atoms with van der Waals surface area (Å²) in [6.45, 7) is 0. The lowest BCUT2D eigenvalue weighted by molar-refractivity contribution is 0.831. The first-order valence-corrected chi connectivity index (χ1v) is 5.48. The van der Waals surface area contributed by atoms with Gasteiger partial charge in [0.25, 0.3) is 0 Å². The maximum atomic E-state index is 2.43. The number of hydrogen-bond donors (Lipinski definition) is 0. The zero-order valence-electron chi connectivity index (χ0n) is 8.58. The Hall–Kier alpha value is -1.04. The van der Waals surface area contributed by atoms with Crippen molar-refractivity contribution in [3.8, 4) is 0 Å². The highest BCUT2D eigenvalue weighted by molar-refractivity contribution is 5.23. The smallest absolute Gasteiger partial charge is 0.00670 e. The summed E-state index contributed by atoms with van der Waals surface area (Å²) in [6.07, 6.45) is 11.1. The molecule has 2 rings (SSSR count). The second kappa shape index (κ2) is 4.99. The molecule has 0 saturated heterocycles. The molecule has 0 spiro atoms. The van der Waals surface area contributed by atoms with E-state index < -0.39 is 0 Å². The van der Waals surface area contributed by atoms with Crippen molar-refractivity contribution in [2.24, 2.45) is 0 Å². The van der Waals surface area contributed by atoms with Crippen LogP contribution in [0, 0.1) is 6.42 Å². The van der Waals surface area contributed by atoms with Gasteiger partial charge in [-0.3, -0.25) is 0 Å². The van der Waals surface area contributed by atoms with Gasteiger partial charge in [0.15, 0.2) is 0 Å². The van der Waals surface area contributed by atoms with Crippen molar-refractivity contribution in [1.29, 1.82) is 0 Å². The normalized spacial score (nSPS) is 17.3. The second-order valence-corrected chi connectivity index (χ2v) is 3.95. The van der Waals surface area contributed by atoms with Crippen LogP contribution in [0.2, 0.25) is 0 Å². The molecule has 0 atom stereocenters. The Bertz CT molecular complexity index is 295. The summed E-state index contributed by atoms with van der Waals surface area (Å²) >= 11 is 0. The van der Waals surface area contributed by atoms with Crippen LogP contribution in [0.25, 0.3) is 0 Å². The minimum atomic E-state index is 1.14. The molecule has 0 N–H and O–H groups in total. The lowest BCUT2D eigenvalue weighted by Gasteiger charge is -2.04. The van der Waals surface area contributed by atoms with Gasteiger partial charge in [-0.1, -0.05) is 42.0 Å². The first-order chi connectivity index (χ1) is 6.95. The topological polar surface area (TPSA) is 0 Å². The average molecular weight is 185 g/mol. The summed E-state index contributed by atoms with van der Waals surface area (Å²) in [5.41, 5.74) is 3.03. The monoisotopic (exact) mass is 185 g/mol. The van der Waals surface area contributed by atoms with Crippen LogP contribution in [0.4, 0.5) is 0 Å². The van der Waals surface area contributed by atoms with Gasteiger partial charge in [-0.2, -0.15) is 0 Å². The van der Waals surface area contributed by atoms with Gasteiger partial charge in [-0.15, -0.1) is 0 Å². The van der Waals surface area contributed by atoms with E-state index in [0.717, 1.165) is 6.42 Å². The highest BCUT2D eigenvalue weighted by Gasteiger charge is 2.03. The summed E-state index contributed by atoms with van der Waals surface area (Å²) in [4.78, 5) is 0. The Morgan fingerprint density at radius 2 is 1.86 bits per heavy atom. The SMILES string of the molecule is [CH]1CCCC=C(Cc2ccccc2)C1. The van der Waals surface area contributed by atoms with Crippen LogP contribution < -0.4 is 0 Å². The number of rotatable bonds is 2. The van der Waals surface area contributed by atoms with Crippen molar-refractivity contribution in [2.45, 2.75) is 32.1 Å². The van der Waals surface area contributed by atoms with Crippen LogP contribution in [-0.2, 0) is 6.42 Å². The molecule has 0 saturated carbocycles. The Morgan fingerprint density at radius 1 is 1.00 bits per heavy atom. The van der Waals surface area contributed by atoms with Gasteiger partial charge in [-0.05, 0) is 44.1 Å². The molecule has 1 aromatic carbocycles. The van der Waals surface area contributed by atoms with Crippen LogP contribution in [0.3, 0.4) is 0 Å². The van der Waals surface area contributed by atoms with Gasteiger partial charge < -0.3 is 0 Å². The molecule has 0 heterocycles. The van der Waals surface area contributed by atoms with Gasteiger partial charge in [0, 0.05) is 0 Å². The van der Waals surface area contributed by atoms with Crippen molar-refractivity contribution in [2.75, 3.05) is 0 Å². The molecule has 0 bridgehead atoms. The van der Waals surface area contributed by atoms with E-state index in [0.29, 0.717) is 0 Å². The van der Waals surface area contributed by atoms with Crippen LogP contribution in [-0.4, -0.2) is 0 Å². The highest BCUT2D eigenvalue weighted by atomic mass is 14.1. The quantitative estimate of drug-likeness (QED) is 0.612. The predicted octanol–water partition coefficient (Wildman–Crippen LogP) is 3.93. The first kappa shape index (κ1) is 9.51. The Labute approximate surface area is 86.7 Å². The van der Waals surface area contributed by atoms with E-state index in [4.69, 9.17) is 0 Å². The lowest BCUT2D eigenvalue weighted by Crippen LogP contribution is -1.89. The maximum absolute atomic E-state index is 2.43. The second-order valence-electron chi connectivity index (χ2n) is 3.95. The minimum absolute atomic E-state index is 1.14. The molecule has 0 aromatic heterocycles. The zero-order chi connectivity index (χ0) is 9.64. The van der Waals surface area contributed by atoms with Crippen molar-refractivity contribution in [1.82, 2.24) is 0 Å². The van der Waals surface area contributed by atoms with Crippen LogP contribution in [0.15, 0.2) is 42.0 Å². The third kappa shape index (κ3) is 2.73. The standard InChI is InChI=1S/C14H17/c1-2-5-9-13(8-4-1)12-14-10-6-3-7-11-14/h3-4,6-7,9-11H,1-2,5,8,12H2. The fourth-order valence-electron chi connectivity index (χ4n) is 1.94. The number of hydrogen-bond acceptors (Lipinski definition) is 0. The molecule has 0 amide bonds. The molecule has 0 unspecified atom stereocenters. The van der Waals surface area contributed by atoms with Gasteiger partial charge in [-0.25, -0.2) is 0 Å². The summed E-state index contributed by atoms with van der Waals surface area (Å²) < 4.78 is 0. The predicted molar refractivity (Wildman–Crippen MR) is 61.0 cm³/mol. The molecule has 0 heteroatoms. The molecular weight excluding hydrogens is 168 g/mol. The van der Waals surface area contributed by atoms with Crippen molar-refractivity contribution < 1.29 is 0 Å².